The number of hydrogen-bond donors (Lipinski definition) is 2. The lowest BCUT2D eigenvalue weighted by atomic mass is 10.1. The summed E-state index contributed by atoms with van der Waals surface area (Å²) >= 11 is 0. The van der Waals surface area contributed by atoms with E-state index in [1.54, 1.807) is 6.20 Å². The summed E-state index contributed by atoms with van der Waals surface area (Å²) in [6.07, 6.45) is 1.77. The van der Waals surface area contributed by atoms with Gasteiger partial charge in [0.2, 0.25) is 11.8 Å². The van der Waals surface area contributed by atoms with E-state index in [9.17, 15) is 9.59 Å². The van der Waals surface area contributed by atoms with Gasteiger partial charge in [0.25, 0.3) is 0 Å². The maximum Gasteiger partial charge on any atom is 0.234 e. The van der Waals surface area contributed by atoms with Gasteiger partial charge in [-0.15, -0.1) is 0 Å². The molecule has 1 aromatic heterocycles. The molecule has 0 aliphatic carbocycles. The van der Waals surface area contributed by atoms with Crippen LogP contribution in [0.4, 0.5) is 0 Å². The number of nitrogens with zero attached hydrogens (tertiary/aromatic N) is 2. The summed E-state index contributed by atoms with van der Waals surface area (Å²) in [7, 11) is 0. The topological polar surface area (TPSA) is 74.3 Å². The number of piperazine rings is 1. The molecule has 1 aliphatic rings. The molecule has 0 bridgehead atoms. The van der Waals surface area contributed by atoms with Crippen LogP contribution in [0, 0.1) is 6.92 Å². The molecule has 0 unspecified atom stereocenters. The zero-order valence-corrected chi connectivity index (χ0v) is 11.8. The zero-order chi connectivity index (χ0) is 14.5. The van der Waals surface area contributed by atoms with Crippen LogP contribution in [0.2, 0.25) is 0 Å². The Kier molecular flexibility index (Phi) is 4.68. The monoisotopic (exact) mass is 276 g/mol. The minimum Gasteiger partial charge on any atom is -0.354 e. The van der Waals surface area contributed by atoms with E-state index in [1.165, 1.54) is 0 Å². The summed E-state index contributed by atoms with van der Waals surface area (Å²) in [6, 6.07) is 3.79. The van der Waals surface area contributed by atoms with E-state index in [2.05, 4.69) is 15.6 Å². The SMILES string of the molecule is Cc1ccc([C@@H](C)NC(=O)CN2CCNC(=O)C2)cn1. The summed E-state index contributed by atoms with van der Waals surface area (Å²) in [4.78, 5) is 29.3. The van der Waals surface area contributed by atoms with Crippen molar-refractivity contribution in [3.63, 3.8) is 0 Å². The minimum absolute atomic E-state index is 0.0279. The van der Waals surface area contributed by atoms with Crippen LogP contribution in [0.15, 0.2) is 18.3 Å². The van der Waals surface area contributed by atoms with Crippen molar-refractivity contribution in [2.75, 3.05) is 26.2 Å². The number of hydrogen-bond acceptors (Lipinski definition) is 4. The number of carbonyl (C=O) groups excluding carboxylic acids is 2. The molecule has 1 aromatic rings. The first kappa shape index (κ1) is 14.5. The molecule has 2 N–H and O–H groups in total. The lowest BCUT2D eigenvalue weighted by Gasteiger charge is -2.26. The molecule has 2 amide bonds. The van der Waals surface area contributed by atoms with Crippen LogP contribution < -0.4 is 10.6 Å². The molecule has 1 saturated heterocycles. The molecule has 6 nitrogen and oxygen atoms in total. The molecule has 0 spiro atoms. The number of carbonyl (C=O) groups is 2. The van der Waals surface area contributed by atoms with E-state index in [1.807, 2.05) is 30.9 Å². The fraction of sp³-hybridized carbons (Fsp3) is 0.500. The summed E-state index contributed by atoms with van der Waals surface area (Å²) in [5.41, 5.74) is 1.92. The maximum atomic E-state index is 12.0. The number of pyridine rings is 1. The largest absolute Gasteiger partial charge is 0.354 e. The van der Waals surface area contributed by atoms with Crippen molar-refractivity contribution < 1.29 is 9.59 Å². The van der Waals surface area contributed by atoms with Gasteiger partial charge in [-0.05, 0) is 25.5 Å². The third kappa shape index (κ3) is 4.03. The Morgan fingerprint density at radius 1 is 1.55 bits per heavy atom. The standard InChI is InChI=1S/C14H20N4O2/c1-10-3-4-12(7-16-10)11(2)17-14(20)9-18-6-5-15-13(19)8-18/h3-4,7,11H,5-6,8-9H2,1-2H3,(H,15,19)(H,17,20)/t11-/m1/s1. The van der Waals surface area contributed by atoms with E-state index in [4.69, 9.17) is 0 Å². The Morgan fingerprint density at radius 3 is 3.00 bits per heavy atom. The molecule has 2 rings (SSSR count). The molecule has 20 heavy (non-hydrogen) atoms. The molecule has 0 saturated carbocycles. The molecule has 1 fully saturated rings. The highest BCUT2D eigenvalue weighted by atomic mass is 16.2. The van der Waals surface area contributed by atoms with Crippen molar-refractivity contribution in [1.82, 2.24) is 20.5 Å². The molecule has 1 atom stereocenters. The highest BCUT2D eigenvalue weighted by molar-refractivity contribution is 5.82. The van der Waals surface area contributed by atoms with E-state index in [0.29, 0.717) is 13.1 Å². The van der Waals surface area contributed by atoms with E-state index < -0.39 is 0 Å². The number of amides is 2. The fourth-order valence-corrected chi connectivity index (χ4v) is 2.14. The third-order valence-corrected chi connectivity index (χ3v) is 3.30. The predicted molar refractivity (Wildman–Crippen MR) is 75.0 cm³/mol. The Labute approximate surface area is 118 Å². The zero-order valence-electron chi connectivity index (χ0n) is 11.8. The van der Waals surface area contributed by atoms with E-state index >= 15 is 0 Å². The van der Waals surface area contributed by atoms with Crippen LogP contribution >= 0.6 is 0 Å². The van der Waals surface area contributed by atoms with Gasteiger partial charge in [0.15, 0.2) is 0 Å². The summed E-state index contributed by atoms with van der Waals surface area (Å²) in [5, 5.41) is 5.66. The van der Waals surface area contributed by atoms with Gasteiger partial charge >= 0.3 is 0 Å². The number of aromatic nitrogens is 1. The molecule has 2 heterocycles. The molecule has 1 aliphatic heterocycles. The van der Waals surface area contributed by atoms with Crippen molar-refractivity contribution in [2.24, 2.45) is 0 Å². The van der Waals surface area contributed by atoms with Crippen LogP contribution in [-0.4, -0.2) is 47.9 Å². The predicted octanol–water partition coefficient (Wildman–Crippen LogP) is -0.000980. The molecular formula is C14H20N4O2. The first-order valence-electron chi connectivity index (χ1n) is 6.75. The number of rotatable bonds is 4. The Hall–Kier alpha value is -1.95. The van der Waals surface area contributed by atoms with Crippen molar-refractivity contribution in [2.45, 2.75) is 19.9 Å². The van der Waals surface area contributed by atoms with Gasteiger partial charge in [0.05, 0.1) is 19.1 Å². The normalized spacial score (nSPS) is 17.4. The van der Waals surface area contributed by atoms with Gasteiger partial charge in [0.1, 0.15) is 0 Å². The van der Waals surface area contributed by atoms with Crippen LogP contribution in [0.5, 0.6) is 0 Å². The van der Waals surface area contributed by atoms with Gasteiger partial charge in [-0.3, -0.25) is 19.5 Å². The Balaban J connectivity index is 1.84. The maximum absolute atomic E-state index is 12.0. The number of aryl methyl sites for hydroxylation is 1. The van der Waals surface area contributed by atoms with Gasteiger partial charge in [-0.1, -0.05) is 6.07 Å². The highest BCUT2D eigenvalue weighted by Crippen LogP contribution is 2.10. The first-order valence-corrected chi connectivity index (χ1v) is 6.75. The van der Waals surface area contributed by atoms with Crippen LogP contribution in [0.25, 0.3) is 0 Å². The second kappa shape index (κ2) is 6.47. The number of nitrogens with one attached hydrogen (secondary N) is 2. The Bertz CT molecular complexity index is 486. The molecule has 108 valence electrons. The lowest BCUT2D eigenvalue weighted by Crippen LogP contribution is -2.50. The molecular weight excluding hydrogens is 256 g/mol. The van der Waals surface area contributed by atoms with Gasteiger partial charge in [0, 0.05) is 25.0 Å². The lowest BCUT2D eigenvalue weighted by molar-refractivity contribution is -0.127. The van der Waals surface area contributed by atoms with Gasteiger partial charge in [-0.2, -0.15) is 0 Å². The molecule has 0 aromatic carbocycles. The second-order valence-electron chi connectivity index (χ2n) is 5.08. The quantitative estimate of drug-likeness (QED) is 0.812. The van der Waals surface area contributed by atoms with Gasteiger partial charge < -0.3 is 10.6 Å². The molecule has 0 radical (unpaired) electrons. The summed E-state index contributed by atoms with van der Waals surface area (Å²) in [6.45, 7) is 5.69. The average Bonchev–Trinajstić information content (AvgIpc) is 2.39. The van der Waals surface area contributed by atoms with Crippen molar-refractivity contribution in [3.8, 4) is 0 Å². The Morgan fingerprint density at radius 2 is 2.35 bits per heavy atom. The fourth-order valence-electron chi connectivity index (χ4n) is 2.14. The second-order valence-corrected chi connectivity index (χ2v) is 5.08. The highest BCUT2D eigenvalue weighted by Gasteiger charge is 2.19. The summed E-state index contributed by atoms with van der Waals surface area (Å²) in [5.74, 6) is -0.104. The van der Waals surface area contributed by atoms with E-state index in [0.717, 1.165) is 11.3 Å². The van der Waals surface area contributed by atoms with E-state index in [-0.39, 0.29) is 30.9 Å². The first-order chi connectivity index (χ1) is 9.54. The third-order valence-electron chi connectivity index (χ3n) is 3.30. The van der Waals surface area contributed by atoms with Crippen LogP contribution in [-0.2, 0) is 9.59 Å². The van der Waals surface area contributed by atoms with Crippen molar-refractivity contribution >= 4 is 11.8 Å². The average molecular weight is 276 g/mol. The van der Waals surface area contributed by atoms with Crippen molar-refractivity contribution in [1.29, 1.82) is 0 Å². The molecule has 6 heteroatoms. The van der Waals surface area contributed by atoms with Gasteiger partial charge in [-0.25, -0.2) is 0 Å². The smallest absolute Gasteiger partial charge is 0.234 e. The summed E-state index contributed by atoms with van der Waals surface area (Å²) < 4.78 is 0. The van der Waals surface area contributed by atoms with Crippen LogP contribution in [0.1, 0.15) is 24.2 Å². The van der Waals surface area contributed by atoms with Crippen LogP contribution in [0.3, 0.4) is 0 Å². The van der Waals surface area contributed by atoms with Crippen molar-refractivity contribution in [3.05, 3.63) is 29.6 Å². The minimum atomic E-state index is -0.0887.